The van der Waals surface area contributed by atoms with E-state index in [9.17, 15) is 10.2 Å². The van der Waals surface area contributed by atoms with Gasteiger partial charge in [-0.2, -0.15) is 0 Å². The van der Waals surface area contributed by atoms with Crippen LogP contribution in [-0.2, 0) is 0 Å². The molecule has 0 heterocycles. The minimum Gasteiger partial charge on any atom is -0.392 e. The van der Waals surface area contributed by atoms with Gasteiger partial charge in [0.25, 0.3) is 0 Å². The van der Waals surface area contributed by atoms with Gasteiger partial charge in [0.2, 0.25) is 0 Å². The molecule has 2 aliphatic rings. The Labute approximate surface area is 105 Å². The highest BCUT2D eigenvalue weighted by molar-refractivity contribution is 5.20. The van der Waals surface area contributed by atoms with Gasteiger partial charge in [-0.25, -0.2) is 0 Å². The Hall–Kier alpha value is -0.340. The van der Waals surface area contributed by atoms with Crippen LogP contribution < -0.4 is 0 Å². The molecule has 2 heteroatoms. The van der Waals surface area contributed by atoms with E-state index < -0.39 is 0 Å². The third-order valence-corrected chi connectivity index (χ3v) is 5.28. The van der Waals surface area contributed by atoms with Crippen LogP contribution in [0.15, 0.2) is 11.6 Å². The number of rotatable bonds is 1. The standard InChI is InChI=1S/C15H26O2/c1-9(2)11-7-8-15(4)12(16)6-5-10(3)13(15)14(11)17/h5,9,11-14,16-17H,6-8H2,1-4H3/t11-,12+,13+,14+,15+/m0/s1. The summed E-state index contributed by atoms with van der Waals surface area (Å²) in [5, 5.41) is 20.9. The fourth-order valence-corrected chi connectivity index (χ4v) is 4.03. The second-order valence-corrected chi connectivity index (χ2v) is 6.62. The first-order valence-electron chi connectivity index (χ1n) is 6.90. The number of aliphatic hydroxyl groups excluding tert-OH is 2. The number of aliphatic hydroxyl groups is 2. The van der Waals surface area contributed by atoms with Crippen LogP contribution in [0.1, 0.15) is 47.0 Å². The van der Waals surface area contributed by atoms with Gasteiger partial charge >= 0.3 is 0 Å². The molecule has 0 aromatic rings. The quantitative estimate of drug-likeness (QED) is 0.690. The Morgan fingerprint density at radius 1 is 1.35 bits per heavy atom. The average molecular weight is 238 g/mol. The second kappa shape index (κ2) is 4.40. The third-order valence-electron chi connectivity index (χ3n) is 5.28. The largest absolute Gasteiger partial charge is 0.392 e. The average Bonchev–Trinajstić information content (AvgIpc) is 2.23. The molecule has 0 amide bonds. The first-order chi connectivity index (χ1) is 7.88. The van der Waals surface area contributed by atoms with Crippen LogP contribution >= 0.6 is 0 Å². The first kappa shape index (κ1) is 13.1. The highest BCUT2D eigenvalue weighted by atomic mass is 16.3. The molecule has 0 radical (unpaired) electrons. The summed E-state index contributed by atoms with van der Waals surface area (Å²) in [4.78, 5) is 0. The normalized spacial score (nSPS) is 46.6. The molecule has 0 aromatic heterocycles. The SMILES string of the molecule is CC1=CC[C@@H](O)[C@@]2(C)CC[C@@H](C(C)C)[C@@H](O)[C@@H]12. The number of hydrogen-bond donors (Lipinski definition) is 2. The maximum atomic E-state index is 10.6. The number of hydrogen-bond acceptors (Lipinski definition) is 2. The zero-order valence-electron chi connectivity index (χ0n) is 11.5. The molecule has 0 spiro atoms. The van der Waals surface area contributed by atoms with Crippen LogP contribution in [0.5, 0.6) is 0 Å². The second-order valence-electron chi connectivity index (χ2n) is 6.62. The van der Waals surface area contributed by atoms with E-state index in [1.807, 2.05) is 0 Å². The molecule has 0 saturated heterocycles. The predicted octanol–water partition coefficient (Wildman–Crippen LogP) is 2.75. The highest BCUT2D eigenvalue weighted by Gasteiger charge is 2.51. The lowest BCUT2D eigenvalue weighted by atomic mass is 9.54. The van der Waals surface area contributed by atoms with Crippen molar-refractivity contribution in [2.24, 2.45) is 23.2 Å². The number of fused-ring (bicyclic) bond motifs is 1. The van der Waals surface area contributed by atoms with Gasteiger partial charge in [-0.05, 0) is 38.0 Å². The molecule has 2 nitrogen and oxygen atoms in total. The van der Waals surface area contributed by atoms with Crippen molar-refractivity contribution in [3.05, 3.63) is 11.6 Å². The minimum atomic E-state index is -0.293. The van der Waals surface area contributed by atoms with E-state index in [1.54, 1.807) is 0 Å². The molecule has 0 unspecified atom stereocenters. The molecule has 0 aromatic carbocycles. The van der Waals surface area contributed by atoms with Gasteiger partial charge in [0, 0.05) is 11.3 Å². The molecule has 98 valence electrons. The van der Waals surface area contributed by atoms with E-state index in [0.29, 0.717) is 11.8 Å². The van der Waals surface area contributed by atoms with Crippen molar-refractivity contribution in [2.45, 2.75) is 59.2 Å². The van der Waals surface area contributed by atoms with Gasteiger partial charge < -0.3 is 10.2 Å². The predicted molar refractivity (Wildman–Crippen MR) is 69.5 cm³/mol. The van der Waals surface area contributed by atoms with E-state index in [4.69, 9.17) is 0 Å². The fourth-order valence-electron chi connectivity index (χ4n) is 4.03. The monoisotopic (exact) mass is 238 g/mol. The third kappa shape index (κ3) is 1.96. The zero-order valence-corrected chi connectivity index (χ0v) is 11.5. The summed E-state index contributed by atoms with van der Waals surface area (Å²) >= 11 is 0. The van der Waals surface area contributed by atoms with Gasteiger partial charge in [0.05, 0.1) is 12.2 Å². The van der Waals surface area contributed by atoms with E-state index in [1.165, 1.54) is 5.57 Å². The molecule has 1 saturated carbocycles. The lowest BCUT2D eigenvalue weighted by molar-refractivity contribution is -0.111. The molecular weight excluding hydrogens is 212 g/mol. The zero-order chi connectivity index (χ0) is 12.8. The highest BCUT2D eigenvalue weighted by Crippen LogP contribution is 2.53. The molecule has 17 heavy (non-hydrogen) atoms. The van der Waals surface area contributed by atoms with Crippen LogP contribution in [-0.4, -0.2) is 22.4 Å². The topological polar surface area (TPSA) is 40.5 Å². The van der Waals surface area contributed by atoms with Gasteiger partial charge in [0.15, 0.2) is 0 Å². The maximum Gasteiger partial charge on any atom is 0.0642 e. The van der Waals surface area contributed by atoms with Crippen molar-refractivity contribution in [3.8, 4) is 0 Å². The molecule has 2 rings (SSSR count). The first-order valence-corrected chi connectivity index (χ1v) is 6.90. The molecule has 1 fully saturated rings. The summed E-state index contributed by atoms with van der Waals surface area (Å²) in [6, 6.07) is 0. The van der Waals surface area contributed by atoms with Crippen LogP contribution in [0.25, 0.3) is 0 Å². The van der Waals surface area contributed by atoms with Crippen molar-refractivity contribution >= 4 is 0 Å². The van der Waals surface area contributed by atoms with E-state index in [-0.39, 0.29) is 23.5 Å². The van der Waals surface area contributed by atoms with E-state index >= 15 is 0 Å². The summed E-state index contributed by atoms with van der Waals surface area (Å²) < 4.78 is 0. The molecule has 0 aliphatic heterocycles. The lowest BCUT2D eigenvalue weighted by Gasteiger charge is -2.53. The molecule has 2 aliphatic carbocycles. The van der Waals surface area contributed by atoms with Crippen LogP contribution in [0, 0.1) is 23.2 Å². The molecule has 5 atom stereocenters. The smallest absolute Gasteiger partial charge is 0.0642 e. The molecular formula is C15H26O2. The molecule has 0 bridgehead atoms. The Morgan fingerprint density at radius 3 is 2.59 bits per heavy atom. The van der Waals surface area contributed by atoms with Gasteiger partial charge in [-0.3, -0.25) is 0 Å². The summed E-state index contributed by atoms with van der Waals surface area (Å²) in [5.41, 5.74) is 1.15. The fraction of sp³-hybridized carbons (Fsp3) is 0.867. The van der Waals surface area contributed by atoms with Crippen LogP contribution in [0.2, 0.25) is 0 Å². The van der Waals surface area contributed by atoms with Crippen LogP contribution in [0.4, 0.5) is 0 Å². The van der Waals surface area contributed by atoms with Crippen molar-refractivity contribution in [1.82, 2.24) is 0 Å². The molecule has 2 N–H and O–H groups in total. The lowest BCUT2D eigenvalue weighted by Crippen LogP contribution is -2.53. The Kier molecular flexibility index (Phi) is 3.39. The summed E-state index contributed by atoms with van der Waals surface area (Å²) in [5.74, 6) is 1.04. The van der Waals surface area contributed by atoms with Gasteiger partial charge in [0.1, 0.15) is 0 Å². The van der Waals surface area contributed by atoms with Crippen molar-refractivity contribution in [3.63, 3.8) is 0 Å². The van der Waals surface area contributed by atoms with Gasteiger partial charge in [-0.1, -0.05) is 32.4 Å². The Balaban J connectivity index is 2.33. The van der Waals surface area contributed by atoms with E-state index in [0.717, 1.165) is 19.3 Å². The minimum absolute atomic E-state index is 0.121. The van der Waals surface area contributed by atoms with Crippen molar-refractivity contribution in [2.75, 3.05) is 0 Å². The van der Waals surface area contributed by atoms with Gasteiger partial charge in [-0.15, -0.1) is 0 Å². The van der Waals surface area contributed by atoms with E-state index in [2.05, 4.69) is 33.8 Å². The summed E-state index contributed by atoms with van der Waals surface area (Å²) in [6.07, 6.45) is 4.35. The maximum absolute atomic E-state index is 10.6. The van der Waals surface area contributed by atoms with Crippen LogP contribution in [0.3, 0.4) is 0 Å². The Morgan fingerprint density at radius 2 is 2.00 bits per heavy atom. The van der Waals surface area contributed by atoms with Crippen molar-refractivity contribution < 1.29 is 10.2 Å². The Bertz CT molecular complexity index is 321. The summed E-state index contributed by atoms with van der Waals surface area (Å²) in [6.45, 7) is 8.64. The summed E-state index contributed by atoms with van der Waals surface area (Å²) in [7, 11) is 0. The van der Waals surface area contributed by atoms with Crippen molar-refractivity contribution in [1.29, 1.82) is 0 Å².